The van der Waals surface area contributed by atoms with Crippen molar-refractivity contribution in [1.82, 2.24) is 4.90 Å². The van der Waals surface area contributed by atoms with E-state index in [1.165, 1.54) is 18.4 Å². The van der Waals surface area contributed by atoms with Gasteiger partial charge in [0.15, 0.2) is 0 Å². The first-order valence-corrected chi connectivity index (χ1v) is 12.2. The van der Waals surface area contributed by atoms with E-state index in [2.05, 4.69) is 42.6 Å². The minimum atomic E-state index is -0.261. The van der Waals surface area contributed by atoms with E-state index in [1.807, 2.05) is 0 Å². The SMILES string of the molecule is CCCCc1ccc(CN(CCCCCCC#N)C(=O)Nc2c(Cl)cc(Cl)cc2Cl)cc1. The van der Waals surface area contributed by atoms with Crippen LogP contribution in [0, 0.1) is 11.3 Å². The summed E-state index contributed by atoms with van der Waals surface area (Å²) >= 11 is 18.5. The second-order valence-corrected chi connectivity index (χ2v) is 9.09. The zero-order valence-corrected chi connectivity index (χ0v) is 20.7. The van der Waals surface area contributed by atoms with Gasteiger partial charge in [-0.25, -0.2) is 4.79 Å². The summed E-state index contributed by atoms with van der Waals surface area (Å²) in [5.41, 5.74) is 2.73. The summed E-state index contributed by atoms with van der Waals surface area (Å²) in [6, 6.07) is 13.5. The zero-order chi connectivity index (χ0) is 23.3. The van der Waals surface area contributed by atoms with E-state index in [1.54, 1.807) is 17.0 Å². The molecule has 2 amide bonds. The summed E-state index contributed by atoms with van der Waals surface area (Å²) in [5.74, 6) is 0. The van der Waals surface area contributed by atoms with E-state index in [0.717, 1.165) is 37.7 Å². The van der Waals surface area contributed by atoms with Crippen LogP contribution in [0.3, 0.4) is 0 Å². The fourth-order valence-electron chi connectivity index (χ4n) is 3.37. The predicted octanol–water partition coefficient (Wildman–Crippen LogP) is 8.50. The topological polar surface area (TPSA) is 56.1 Å². The molecule has 0 bridgehead atoms. The summed E-state index contributed by atoms with van der Waals surface area (Å²) in [7, 11) is 0. The largest absolute Gasteiger partial charge is 0.322 e. The van der Waals surface area contributed by atoms with Crippen molar-refractivity contribution < 1.29 is 4.79 Å². The molecule has 0 spiro atoms. The van der Waals surface area contributed by atoms with Gasteiger partial charge in [-0.05, 0) is 48.9 Å². The van der Waals surface area contributed by atoms with E-state index in [9.17, 15) is 4.79 Å². The van der Waals surface area contributed by atoms with Crippen molar-refractivity contribution in [2.45, 2.75) is 64.8 Å². The number of hydrogen-bond acceptors (Lipinski definition) is 2. The van der Waals surface area contributed by atoms with Gasteiger partial charge in [0.05, 0.1) is 21.8 Å². The van der Waals surface area contributed by atoms with Gasteiger partial charge < -0.3 is 10.2 Å². The third-order valence-electron chi connectivity index (χ3n) is 5.21. The van der Waals surface area contributed by atoms with Gasteiger partial charge in [-0.2, -0.15) is 5.26 Å². The molecule has 0 atom stereocenters. The molecule has 0 aliphatic rings. The molecule has 172 valence electrons. The molecule has 1 N–H and O–H groups in total. The Morgan fingerprint density at radius 3 is 2.22 bits per heavy atom. The minimum Gasteiger partial charge on any atom is -0.320 e. The molecule has 32 heavy (non-hydrogen) atoms. The normalized spacial score (nSPS) is 10.6. The molecular weight excluding hydrogens is 465 g/mol. The molecule has 0 heterocycles. The fourth-order valence-corrected chi connectivity index (χ4v) is 4.28. The Morgan fingerprint density at radius 1 is 0.969 bits per heavy atom. The summed E-state index contributed by atoms with van der Waals surface area (Å²) in [4.78, 5) is 14.9. The third kappa shape index (κ3) is 8.90. The highest BCUT2D eigenvalue weighted by molar-refractivity contribution is 6.42. The van der Waals surface area contributed by atoms with Crippen LogP contribution in [-0.2, 0) is 13.0 Å². The molecule has 0 radical (unpaired) electrons. The van der Waals surface area contributed by atoms with Crippen LogP contribution in [-0.4, -0.2) is 17.5 Å². The van der Waals surface area contributed by atoms with Gasteiger partial charge in [-0.3, -0.25) is 0 Å². The van der Waals surface area contributed by atoms with Crippen molar-refractivity contribution in [3.63, 3.8) is 0 Å². The molecular formula is C25H30Cl3N3O. The van der Waals surface area contributed by atoms with E-state index < -0.39 is 0 Å². The maximum Gasteiger partial charge on any atom is 0.322 e. The smallest absolute Gasteiger partial charge is 0.320 e. The number of unbranched alkanes of at least 4 members (excludes halogenated alkanes) is 5. The molecule has 0 aromatic heterocycles. The number of aryl methyl sites for hydroxylation is 1. The van der Waals surface area contributed by atoms with Crippen LogP contribution < -0.4 is 5.32 Å². The number of nitrogens with zero attached hydrogens (tertiary/aromatic N) is 2. The van der Waals surface area contributed by atoms with Crippen LogP contribution in [0.1, 0.15) is 63.0 Å². The van der Waals surface area contributed by atoms with E-state index >= 15 is 0 Å². The van der Waals surface area contributed by atoms with Gasteiger partial charge >= 0.3 is 6.03 Å². The lowest BCUT2D eigenvalue weighted by Crippen LogP contribution is -2.35. The third-order valence-corrected chi connectivity index (χ3v) is 6.02. The zero-order valence-electron chi connectivity index (χ0n) is 18.5. The number of benzene rings is 2. The molecule has 0 aliphatic carbocycles. The quantitative estimate of drug-likeness (QED) is 0.301. The van der Waals surface area contributed by atoms with E-state index in [-0.39, 0.29) is 6.03 Å². The highest BCUT2D eigenvalue weighted by Gasteiger charge is 2.17. The number of nitriles is 1. The van der Waals surface area contributed by atoms with Gasteiger partial charge in [-0.15, -0.1) is 0 Å². The van der Waals surface area contributed by atoms with E-state index in [0.29, 0.717) is 40.3 Å². The van der Waals surface area contributed by atoms with Crippen LogP contribution in [0.25, 0.3) is 0 Å². The lowest BCUT2D eigenvalue weighted by Gasteiger charge is -2.24. The van der Waals surface area contributed by atoms with Crippen molar-refractivity contribution in [1.29, 1.82) is 5.26 Å². The Labute approximate surface area is 206 Å². The van der Waals surface area contributed by atoms with Crippen molar-refractivity contribution in [2.24, 2.45) is 0 Å². The molecule has 0 aliphatic heterocycles. The number of amides is 2. The van der Waals surface area contributed by atoms with Crippen molar-refractivity contribution in [3.8, 4) is 6.07 Å². The van der Waals surface area contributed by atoms with Crippen LogP contribution in [0.15, 0.2) is 36.4 Å². The number of halogens is 3. The summed E-state index contributed by atoms with van der Waals surface area (Å²) in [5, 5.41) is 12.5. The fraction of sp³-hybridized carbons (Fsp3) is 0.440. The number of hydrogen-bond donors (Lipinski definition) is 1. The molecule has 0 saturated heterocycles. The Kier molecular flexibility index (Phi) is 11.7. The second kappa shape index (κ2) is 14.3. The Hall–Kier alpha value is -1.93. The first kappa shape index (κ1) is 26.3. The van der Waals surface area contributed by atoms with Gasteiger partial charge in [0.25, 0.3) is 0 Å². The average molecular weight is 495 g/mol. The number of anilines is 1. The lowest BCUT2D eigenvalue weighted by atomic mass is 10.1. The summed E-state index contributed by atoms with van der Waals surface area (Å²) in [6.45, 7) is 3.27. The highest BCUT2D eigenvalue weighted by Crippen LogP contribution is 2.34. The first-order chi connectivity index (χ1) is 15.4. The van der Waals surface area contributed by atoms with Gasteiger partial charge in [-0.1, -0.05) is 85.3 Å². The molecule has 0 fully saturated rings. The number of carbonyl (C=O) groups excluding carboxylic acids is 1. The van der Waals surface area contributed by atoms with Gasteiger partial charge in [0.1, 0.15) is 0 Å². The Bertz CT molecular complexity index is 887. The summed E-state index contributed by atoms with van der Waals surface area (Å²) in [6.07, 6.45) is 7.66. The van der Waals surface area contributed by atoms with E-state index in [4.69, 9.17) is 40.1 Å². The predicted molar refractivity (Wildman–Crippen MR) is 135 cm³/mol. The number of nitrogens with one attached hydrogen (secondary N) is 1. The van der Waals surface area contributed by atoms with Crippen LogP contribution >= 0.6 is 34.8 Å². The van der Waals surface area contributed by atoms with Crippen LogP contribution in [0.2, 0.25) is 15.1 Å². The minimum absolute atomic E-state index is 0.261. The molecule has 4 nitrogen and oxygen atoms in total. The Morgan fingerprint density at radius 2 is 1.59 bits per heavy atom. The maximum absolute atomic E-state index is 13.1. The number of rotatable bonds is 12. The van der Waals surface area contributed by atoms with Gasteiger partial charge in [0.2, 0.25) is 0 Å². The monoisotopic (exact) mass is 493 g/mol. The van der Waals surface area contributed by atoms with Gasteiger partial charge in [0, 0.05) is 24.5 Å². The first-order valence-electron chi connectivity index (χ1n) is 11.1. The molecule has 0 unspecified atom stereocenters. The standard InChI is InChI=1S/C25H30Cl3N3O/c1-2-3-9-19-10-12-20(13-11-19)18-31(15-8-6-4-5-7-14-29)25(32)30-24-22(27)16-21(26)17-23(24)28/h10-13,16-17H,2-9,15,18H2,1H3,(H,30,32). The molecule has 2 aromatic carbocycles. The van der Waals surface area contributed by atoms with Crippen molar-refractivity contribution >= 4 is 46.5 Å². The molecule has 7 heteroatoms. The molecule has 2 rings (SSSR count). The highest BCUT2D eigenvalue weighted by atomic mass is 35.5. The Balaban J connectivity index is 2.07. The van der Waals surface area contributed by atoms with Crippen LogP contribution in [0.4, 0.5) is 10.5 Å². The summed E-state index contributed by atoms with van der Waals surface area (Å²) < 4.78 is 0. The van der Waals surface area contributed by atoms with Crippen molar-refractivity contribution in [2.75, 3.05) is 11.9 Å². The van der Waals surface area contributed by atoms with Crippen LogP contribution in [0.5, 0.6) is 0 Å². The van der Waals surface area contributed by atoms with Crippen molar-refractivity contribution in [3.05, 3.63) is 62.6 Å². The second-order valence-electron chi connectivity index (χ2n) is 7.84. The maximum atomic E-state index is 13.1. The number of urea groups is 1. The number of carbonyl (C=O) groups is 1. The molecule has 0 saturated carbocycles. The lowest BCUT2D eigenvalue weighted by molar-refractivity contribution is 0.207. The average Bonchev–Trinajstić information content (AvgIpc) is 2.77. The molecule has 2 aromatic rings.